The molecule has 0 saturated carbocycles. The molecule has 3 rings (SSSR count). The van der Waals surface area contributed by atoms with Crippen molar-refractivity contribution in [3.8, 4) is 0 Å². The maximum Gasteiger partial charge on any atom is 0.226 e. The van der Waals surface area contributed by atoms with E-state index in [9.17, 15) is 9.18 Å². The molecule has 1 aromatic carbocycles. The molecule has 2 aliphatic rings. The number of carbonyl (C=O) groups excluding carboxylic acids is 1. The van der Waals surface area contributed by atoms with Gasteiger partial charge in [-0.25, -0.2) is 4.39 Å². The molecule has 108 valence electrons. The maximum absolute atomic E-state index is 13.4. The van der Waals surface area contributed by atoms with Gasteiger partial charge < -0.3 is 10.2 Å². The van der Waals surface area contributed by atoms with E-state index in [1.54, 1.807) is 12.1 Å². The summed E-state index contributed by atoms with van der Waals surface area (Å²) in [6, 6.07) is 6.72. The van der Waals surface area contributed by atoms with Crippen LogP contribution in [0.3, 0.4) is 0 Å². The van der Waals surface area contributed by atoms with Crippen molar-refractivity contribution in [3.63, 3.8) is 0 Å². The second-order valence-corrected chi connectivity index (χ2v) is 5.95. The van der Waals surface area contributed by atoms with Crippen molar-refractivity contribution < 1.29 is 9.18 Å². The third-order valence-corrected chi connectivity index (χ3v) is 4.68. The molecule has 2 saturated heterocycles. The molecule has 2 unspecified atom stereocenters. The van der Waals surface area contributed by atoms with Gasteiger partial charge in [-0.3, -0.25) is 4.79 Å². The van der Waals surface area contributed by atoms with Gasteiger partial charge in [0.15, 0.2) is 0 Å². The van der Waals surface area contributed by atoms with Crippen LogP contribution in [0.25, 0.3) is 0 Å². The number of hydrogen-bond donors (Lipinski definition) is 1. The minimum Gasteiger partial charge on any atom is -0.335 e. The summed E-state index contributed by atoms with van der Waals surface area (Å²) in [4.78, 5) is 14.6. The first-order chi connectivity index (χ1) is 9.66. The lowest BCUT2D eigenvalue weighted by molar-refractivity contribution is -0.138. The Balaban J connectivity index is 1.76. The number of halogens is 1. The average Bonchev–Trinajstić information content (AvgIpc) is 2.84. The van der Waals surface area contributed by atoms with Crippen molar-refractivity contribution in [2.45, 2.75) is 25.8 Å². The highest BCUT2D eigenvalue weighted by atomic mass is 19.1. The van der Waals surface area contributed by atoms with Gasteiger partial charge in [0.2, 0.25) is 5.91 Å². The molecule has 1 N–H and O–H groups in total. The van der Waals surface area contributed by atoms with Crippen LogP contribution in [0, 0.1) is 17.7 Å². The highest BCUT2D eigenvalue weighted by Gasteiger charge is 2.36. The van der Waals surface area contributed by atoms with Crippen LogP contribution in [0.15, 0.2) is 24.3 Å². The molecule has 0 bridgehead atoms. The zero-order chi connectivity index (χ0) is 14.1. The fourth-order valence-corrected chi connectivity index (χ4v) is 3.22. The molecule has 2 heterocycles. The van der Waals surface area contributed by atoms with E-state index < -0.39 is 0 Å². The zero-order valence-electron chi connectivity index (χ0n) is 11.8. The normalized spacial score (nSPS) is 24.5. The van der Waals surface area contributed by atoms with Crippen LogP contribution in [-0.2, 0) is 4.79 Å². The number of amides is 1. The first kappa shape index (κ1) is 13.6. The molecular formula is C16H21FN2O. The van der Waals surface area contributed by atoms with E-state index in [1.165, 1.54) is 6.07 Å². The molecular weight excluding hydrogens is 255 g/mol. The summed E-state index contributed by atoms with van der Waals surface area (Å²) in [5.41, 5.74) is 0.926. The van der Waals surface area contributed by atoms with E-state index in [0.717, 1.165) is 38.0 Å². The largest absolute Gasteiger partial charge is 0.335 e. The third kappa shape index (κ3) is 2.44. The Morgan fingerprint density at radius 3 is 2.90 bits per heavy atom. The van der Waals surface area contributed by atoms with Gasteiger partial charge >= 0.3 is 0 Å². The van der Waals surface area contributed by atoms with Gasteiger partial charge in [-0.1, -0.05) is 19.1 Å². The van der Waals surface area contributed by atoms with Crippen molar-refractivity contribution in [2.24, 2.45) is 11.8 Å². The predicted octanol–water partition coefficient (Wildman–Crippen LogP) is 2.34. The van der Waals surface area contributed by atoms with Gasteiger partial charge in [0.1, 0.15) is 5.82 Å². The molecule has 3 nitrogen and oxygen atoms in total. The Hall–Kier alpha value is -1.42. The van der Waals surface area contributed by atoms with Gasteiger partial charge in [0.25, 0.3) is 0 Å². The lowest BCUT2D eigenvalue weighted by atomic mass is 9.87. The smallest absolute Gasteiger partial charge is 0.226 e. The molecule has 1 aromatic rings. The van der Waals surface area contributed by atoms with E-state index in [-0.39, 0.29) is 23.7 Å². The number of rotatable bonds is 3. The van der Waals surface area contributed by atoms with Crippen molar-refractivity contribution in [1.29, 1.82) is 0 Å². The van der Waals surface area contributed by atoms with Crippen LogP contribution in [0.4, 0.5) is 4.39 Å². The maximum atomic E-state index is 13.4. The third-order valence-electron chi connectivity index (χ3n) is 4.68. The van der Waals surface area contributed by atoms with Gasteiger partial charge in [-0.15, -0.1) is 0 Å². The van der Waals surface area contributed by atoms with Crippen molar-refractivity contribution in [1.82, 2.24) is 10.2 Å². The number of carbonyl (C=O) groups is 1. The monoisotopic (exact) mass is 276 g/mol. The topological polar surface area (TPSA) is 32.3 Å². The lowest BCUT2D eigenvalue weighted by Crippen LogP contribution is -2.50. The Morgan fingerprint density at radius 1 is 1.45 bits per heavy atom. The predicted molar refractivity (Wildman–Crippen MR) is 75.6 cm³/mol. The molecule has 2 atom stereocenters. The zero-order valence-corrected chi connectivity index (χ0v) is 11.8. The van der Waals surface area contributed by atoms with Gasteiger partial charge in [-0.2, -0.15) is 0 Å². The van der Waals surface area contributed by atoms with Crippen LogP contribution in [0.5, 0.6) is 0 Å². The van der Waals surface area contributed by atoms with Crippen LogP contribution in [0.2, 0.25) is 0 Å². The molecule has 2 fully saturated rings. The summed E-state index contributed by atoms with van der Waals surface area (Å²) in [6.45, 7) is 4.69. The van der Waals surface area contributed by atoms with E-state index in [0.29, 0.717) is 5.92 Å². The van der Waals surface area contributed by atoms with Crippen LogP contribution in [0.1, 0.15) is 31.4 Å². The SMILES string of the molecule is CC(C(=O)N1CCCC1c1cccc(F)c1)C1CNC1. The van der Waals surface area contributed by atoms with Crippen LogP contribution in [-0.4, -0.2) is 30.4 Å². The quantitative estimate of drug-likeness (QED) is 0.919. The molecule has 0 spiro atoms. The van der Waals surface area contributed by atoms with Crippen LogP contribution < -0.4 is 5.32 Å². The summed E-state index contributed by atoms with van der Waals surface area (Å²) < 4.78 is 13.4. The summed E-state index contributed by atoms with van der Waals surface area (Å²) in [5.74, 6) is 0.517. The number of hydrogen-bond acceptors (Lipinski definition) is 2. The minimum atomic E-state index is -0.224. The average molecular weight is 276 g/mol. The van der Waals surface area contributed by atoms with Crippen molar-refractivity contribution in [2.75, 3.05) is 19.6 Å². The molecule has 0 aliphatic carbocycles. The first-order valence-corrected chi connectivity index (χ1v) is 7.43. The van der Waals surface area contributed by atoms with E-state index in [1.807, 2.05) is 17.9 Å². The standard InChI is InChI=1S/C16H21FN2O/c1-11(13-9-18-10-13)16(20)19-7-3-6-15(19)12-4-2-5-14(17)8-12/h2,4-5,8,11,13,15,18H,3,6-7,9-10H2,1H3. The van der Waals surface area contributed by atoms with Gasteiger partial charge in [0, 0.05) is 12.5 Å². The highest BCUT2D eigenvalue weighted by Crippen LogP contribution is 2.34. The molecule has 20 heavy (non-hydrogen) atoms. The Morgan fingerprint density at radius 2 is 2.25 bits per heavy atom. The lowest BCUT2D eigenvalue weighted by Gasteiger charge is -2.35. The van der Waals surface area contributed by atoms with Crippen molar-refractivity contribution >= 4 is 5.91 Å². The van der Waals surface area contributed by atoms with E-state index in [4.69, 9.17) is 0 Å². The highest BCUT2D eigenvalue weighted by molar-refractivity contribution is 5.79. The number of nitrogens with zero attached hydrogens (tertiary/aromatic N) is 1. The van der Waals surface area contributed by atoms with Crippen LogP contribution >= 0.6 is 0 Å². The summed E-state index contributed by atoms with van der Waals surface area (Å²) in [7, 11) is 0. The molecule has 4 heteroatoms. The van der Waals surface area contributed by atoms with E-state index >= 15 is 0 Å². The van der Waals surface area contributed by atoms with Crippen molar-refractivity contribution in [3.05, 3.63) is 35.6 Å². The summed E-state index contributed by atoms with van der Waals surface area (Å²) in [6.07, 6.45) is 1.94. The fraction of sp³-hybridized carbons (Fsp3) is 0.562. The number of likely N-dealkylation sites (tertiary alicyclic amines) is 1. The summed E-state index contributed by atoms with van der Waals surface area (Å²) >= 11 is 0. The molecule has 1 amide bonds. The Labute approximate surface area is 119 Å². The molecule has 0 radical (unpaired) electrons. The summed E-state index contributed by atoms with van der Waals surface area (Å²) in [5, 5.41) is 3.22. The Kier molecular flexibility index (Phi) is 3.74. The van der Waals surface area contributed by atoms with E-state index in [2.05, 4.69) is 5.32 Å². The first-order valence-electron chi connectivity index (χ1n) is 7.43. The Bertz CT molecular complexity index is 501. The second kappa shape index (κ2) is 5.52. The molecule has 2 aliphatic heterocycles. The van der Waals surface area contributed by atoms with Gasteiger partial charge in [0.05, 0.1) is 6.04 Å². The molecule has 0 aromatic heterocycles. The number of benzene rings is 1. The number of nitrogens with one attached hydrogen (secondary N) is 1. The minimum absolute atomic E-state index is 0.0497. The fourth-order valence-electron chi connectivity index (χ4n) is 3.22. The second-order valence-electron chi connectivity index (χ2n) is 5.95. The van der Waals surface area contributed by atoms with Gasteiger partial charge in [-0.05, 0) is 49.5 Å².